The number of amides is 1. The summed E-state index contributed by atoms with van der Waals surface area (Å²) in [6.07, 6.45) is 1.71. The van der Waals surface area contributed by atoms with Gasteiger partial charge in [0, 0.05) is 44.2 Å². The van der Waals surface area contributed by atoms with Crippen molar-refractivity contribution in [1.29, 1.82) is 0 Å². The molecular formula is C21H26Cl2N6O2. The normalized spacial score (nSPS) is 20.3. The van der Waals surface area contributed by atoms with Gasteiger partial charge in [0.2, 0.25) is 0 Å². The molecule has 0 radical (unpaired) electrons. The summed E-state index contributed by atoms with van der Waals surface area (Å²) in [5, 5.41) is 0.742. The highest BCUT2D eigenvalue weighted by atomic mass is 35.5. The van der Waals surface area contributed by atoms with Crippen LogP contribution >= 0.6 is 23.2 Å². The van der Waals surface area contributed by atoms with Gasteiger partial charge in [0.15, 0.2) is 17.3 Å². The van der Waals surface area contributed by atoms with Crippen LogP contribution in [0.2, 0.25) is 10.0 Å². The molecule has 1 aromatic heterocycles. The second-order valence-electron chi connectivity index (χ2n) is 8.40. The van der Waals surface area contributed by atoms with Crippen molar-refractivity contribution < 1.29 is 9.53 Å². The summed E-state index contributed by atoms with van der Waals surface area (Å²) < 4.78 is 5.61. The summed E-state index contributed by atoms with van der Waals surface area (Å²) in [5.74, 6) is 0.402. The number of carbonyl (C=O) groups excluding carboxylic acids is 1. The molecule has 2 aliphatic rings. The molecule has 10 heteroatoms. The predicted octanol–water partition coefficient (Wildman–Crippen LogP) is 2.56. The molecule has 2 fully saturated rings. The highest BCUT2D eigenvalue weighted by Crippen LogP contribution is 2.41. The van der Waals surface area contributed by atoms with Crippen molar-refractivity contribution in [1.82, 2.24) is 9.97 Å². The molecule has 4 N–H and O–H groups in total. The van der Waals surface area contributed by atoms with Gasteiger partial charge in [-0.3, -0.25) is 4.79 Å². The van der Waals surface area contributed by atoms with Gasteiger partial charge in [-0.25, -0.2) is 9.97 Å². The Morgan fingerprint density at radius 3 is 2.55 bits per heavy atom. The van der Waals surface area contributed by atoms with E-state index in [0.717, 1.165) is 12.8 Å². The first kappa shape index (κ1) is 22.1. The van der Waals surface area contributed by atoms with E-state index in [-0.39, 0.29) is 17.2 Å². The maximum atomic E-state index is 12.4. The Morgan fingerprint density at radius 2 is 1.97 bits per heavy atom. The summed E-state index contributed by atoms with van der Waals surface area (Å²) >= 11 is 12.6. The Labute approximate surface area is 191 Å². The second kappa shape index (κ2) is 8.43. The molecule has 2 saturated heterocycles. The fourth-order valence-electron chi connectivity index (χ4n) is 4.33. The number of anilines is 2. The highest BCUT2D eigenvalue weighted by molar-refractivity contribution is 6.43. The number of benzene rings is 1. The maximum Gasteiger partial charge on any atom is 0.271 e. The van der Waals surface area contributed by atoms with Crippen LogP contribution in [0.3, 0.4) is 0 Å². The molecule has 0 aliphatic carbocycles. The van der Waals surface area contributed by atoms with Crippen molar-refractivity contribution in [3.05, 3.63) is 33.9 Å². The highest BCUT2D eigenvalue weighted by Gasteiger charge is 2.44. The van der Waals surface area contributed by atoms with Crippen LogP contribution in [-0.2, 0) is 4.74 Å². The average molecular weight is 465 g/mol. The first-order chi connectivity index (χ1) is 14.7. The van der Waals surface area contributed by atoms with Crippen molar-refractivity contribution >= 4 is 40.7 Å². The molecule has 2 aromatic rings. The molecule has 0 bridgehead atoms. The number of primary amides is 1. The van der Waals surface area contributed by atoms with E-state index in [9.17, 15) is 4.79 Å². The summed E-state index contributed by atoms with van der Waals surface area (Å²) in [6, 6.07) is 5.29. The van der Waals surface area contributed by atoms with E-state index in [1.165, 1.54) is 0 Å². The molecule has 166 valence electrons. The molecule has 1 spiro atoms. The third-order valence-corrected chi connectivity index (χ3v) is 7.07. The van der Waals surface area contributed by atoms with Gasteiger partial charge < -0.3 is 26.0 Å². The van der Waals surface area contributed by atoms with Gasteiger partial charge >= 0.3 is 0 Å². The zero-order chi connectivity index (χ0) is 22.3. The predicted molar refractivity (Wildman–Crippen MR) is 123 cm³/mol. The van der Waals surface area contributed by atoms with E-state index < -0.39 is 5.91 Å². The quantitative estimate of drug-likeness (QED) is 0.714. The number of hydrogen-bond acceptors (Lipinski definition) is 7. The Balaban J connectivity index is 1.76. The Morgan fingerprint density at radius 1 is 1.26 bits per heavy atom. The zero-order valence-electron chi connectivity index (χ0n) is 17.6. The fraction of sp³-hybridized carbons (Fsp3) is 0.476. The first-order valence-electron chi connectivity index (χ1n) is 10.2. The lowest BCUT2D eigenvalue weighted by atomic mass is 9.75. The molecule has 2 aliphatic heterocycles. The summed E-state index contributed by atoms with van der Waals surface area (Å²) in [5.41, 5.74) is 13.2. The minimum atomic E-state index is -0.645. The second-order valence-corrected chi connectivity index (χ2v) is 9.18. The smallest absolute Gasteiger partial charge is 0.271 e. The van der Waals surface area contributed by atoms with Gasteiger partial charge in [-0.05, 0) is 18.9 Å². The molecule has 1 atom stereocenters. The van der Waals surface area contributed by atoms with Gasteiger partial charge in [-0.1, -0.05) is 35.3 Å². The maximum absolute atomic E-state index is 12.4. The standard InChI is InChI=1S/C21H26Cl2N6O2/c1-28(2)19-16(12-4-3-5-13(22)15(12)23)26-17(18(25)30)20(27-19)29-8-6-21(7-9-29)11-31-10-14(21)24/h3-5,14H,6-11,24H2,1-2H3,(H2,25,30)/t14-/m1/s1. The fourth-order valence-corrected chi connectivity index (χ4v) is 4.72. The van der Waals surface area contributed by atoms with Crippen LogP contribution in [0, 0.1) is 5.41 Å². The molecule has 8 nitrogen and oxygen atoms in total. The van der Waals surface area contributed by atoms with E-state index >= 15 is 0 Å². The SMILES string of the molecule is CN(C)c1nc(N2CCC3(CC2)COC[C@H]3N)c(C(N)=O)nc1-c1cccc(Cl)c1Cl. The van der Waals surface area contributed by atoms with Crippen LogP contribution in [0.25, 0.3) is 11.3 Å². The molecule has 3 heterocycles. The number of rotatable bonds is 4. The number of halogens is 2. The number of piperidine rings is 1. The Kier molecular flexibility index (Phi) is 6.00. The average Bonchev–Trinajstić information content (AvgIpc) is 3.09. The lowest BCUT2D eigenvalue weighted by Gasteiger charge is -2.41. The molecule has 1 aromatic carbocycles. The van der Waals surface area contributed by atoms with Gasteiger partial charge in [0.05, 0.1) is 23.3 Å². The van der Waals surface area contributed by atoms with Crippen molar-refractivity contribution in [3.63, 3.8) is 0 Å². The largest absolute Gasteiger partial charge is 0.379 e. The van der Waals surface area contributed by atoms with Gasteiger partial charge in [0.1, 0.15) is 5.69 Å². The van der Waals surface area contributed by atoms with Crippen LogP contribution < -0.4 is 21.3 Å². The van der Waals surface area contributed by atoms with E-state index in [4.69, 9.17) is 44.4 Å². The molecule has 4 rings (SSSR count). The minimum absolute atomic E-state index is 0.0184. The lowest BCUT2D eigenvalue weighted by molar-refractivity contribution is 0.0995. The molecule has 0 unspecified atom stereocenters. The number of hydrogen-bond donors (Lipinski definition) is 2. The van der Waals surface area contributed by atoms with E-state index in [0.29, 0.717) is 59.2 Å². The topological polar surface area (TPSA) is 111 Å². The van der Waals surface area contributed by atoms with Gasteiger partial charge in [0.25, 0.3) is 5.91 Å². The number of ether oxygens (including phenoxy) is 1. The van der Waals surface area contributed by atoms with Gasteiger partial charge in [-0.2, -0.15) is 0 Å². The molecule has 0 saturated carbocycles. The number of nitrogens with two attached hydrogens (primary N) is 2. The van der Waals surface area contributed by atoms with Crippen LogP contribution in [0.15, 0.2) is 18.2 Å². The minimum Gasteiger partial charge on any atom is -0.379 e. The molecule has 1 amide bonds. The zero-order valence-corrected chi connectivity index (χ0v) is 19.1. The molecule has 31 heavy (non-hydrogen) atoms. The van der Waals surface area contributed by atoms with E-state index in [1.807, 2.05) is 19.0 Å². The molecular weight excluding hydrogens is 439 g/mol. The number of nitrogens with zero attached hydrogens (tertiary/aromatic N) is 4. The summed E-state index contributed by atoms with van der Waals surface area (Å²) in [4.78, 5) is 25.7. The van der Waals surface area contributed by atoms with E-state index in [2.05, 4.69) is 9.88 Å². The Bertz CT molecular complexity index is 1010. The summed E-state index contributed by atoms with van der Waals surface area (Å²) in [7, 11) is 3.72. The van der Waals surface area contributed by atoms with Crippen molar-refractivity contribution in [3.8, 4) is 11.3 Å². The number of carbonyl (C=O) groups is 1. The summed E-state index contributed by atoms with van der Waals surface area (Å²) in [6.45, 7) is 2.64. The lowest BCUT2D eigenvalue weighted by Crippen LogP contribution is -2.49. The van der Waals surface area contributed by atoms with E-state index in [1.54, 1.807) is 18.2 Å². The van der Waals surface area contributed by atoms with Crippen molar-refractivity contribution in [2.45, 2.75) is 18.9 Å². The van der Waals surface area contributed by atoms with Gasteiger partial charge in [-0.15, -0.1) is 0 Å². The van der Waals surface area contributed by atoms with Crippen LogP contribution in [0.5, 0.6) is 0 Å². The van der Waals surface area contributed by atoms with Crippen LogP contribution in [0.4, 0.5) is 11.6 Å². The van der Waals surface area contributed by atoms with Crippen molar-refractivity contribution in [2.24, 2.45) is 16.9 Å². The van der Waals surface area contributed by atoms with Crippen molar-refractivity contribution in [2.75, 3.05) is 50.2 Å². The third-order valence-electron chi connectivity index (χ3n) is 6.25. The van der Waals surface area contributed by atoms with Crippen LogP contribution in [0.1, 0.15) is 23.3 Å². The monoisotopic (exact) mass is 464 g/mol. The number of aromatic nitrogens is 2. The first-order valence-corrected chi connectivity index (χ1v) is 10.9. The van der Waals surface area contributed by atoms with Crippen LogP contribution in [-0.4, -0.2) is 62.3 Å². The third kappa shape index (κ3) is 3.93. The Hall–Kier alpha value is -2.13.